The van der Waals surface area contributed by atoms with Gasteiger partial charge in [0, 0.05) is 5.69 Å². The predicted octanol–water partition coefficient (Wildman–Crippen LogP) is 4.79. The van der Waals surface area contributed by atoms with Crippen LogP contribution in [0, 0.1) is 6.08 Å². The molecule has 2 aromatic carbocycles. The number of anilines is 2. The van der Waals surface area contributed by atoms with Crippen LogP contribution in [0.1, 0.15) is 37.5 Å². The summed E-state index contributed by atoms with van der Waals surface area (Å²) in [5, 5.41) is 9.56. The molecule has 0 saturated carbocycles. The third-order valence-corrected chi connectivity index (χ3v) is 5.84. The molecule has 188 valence electrons. The lowest BCUT2D eigenvalue weighted by Crippen LogP contribution is -2.36. The number of nitrogens with two attached hydrogens (primary N) is 1. The van der Waals surface area contributed by atoms with E-state index in [9.17, 15) is 14.3 Å². The Kier molecular flexibility index (Phi) is 7.23. The number of hydrogen-bond acceptors (Lipinski definition) is 7. The van der Waals surface area contributed by atoms with E-state index >= 15 is 0 Å². The molecule has 0 aliphatic carbocycles. The number of aliphatic hydroxyl groups is 1. The van der Waals surface area contributed by atoms with E-state index in [0.29, 0.717) is 28.0 Å². The lowest BCUT2D eigenvalue weighted by Gasteiger charge is -2.28. The van der Waals surface area contributed by atoms with Gasteiger partial charge >= 0.3 is 12.2 Å². The monoisotopic (exact) mass is 556 g/mol. The normalized spacial score (nSPS) is 11.6. The number of carbonyl (C=O) groups is 1. The molecule has 11 heteroatoms. The van der Waals surface area contributed by atoms with Crippen molar-refractivity contribution in [3.8, 4) is 0 Å². The average Bonchev–Trinajstić information content (AvgIpc) is 3.12. The number of nitrogens with zero attached hydrogens (tertiary/aromatic N) is 5. The molecule has 0 unspecified atom stereocenters. The number of ether oxygens (including phenoxy) is 1. The summed E-state index contributed by atoms with van der Waals surface area (Å²) < 4.78 is 21.6. The molecule has 0 aliphatic heterocycles. The molecule has 36 heavy (non-hydrogen) atoms. The highest BCUT2D eigenvalue weighted by Gasteiger charge is 2.24. The topological polar surface area (TPSA) is 119 Å². The molecular weight excluding hydrogens is 531 g/mol. The fourth-order valence-electron chi connectivity index (χ4n) is 3.70. The fraction of sp³-hybridized carbons (Fsp3) is 0.280. The Bertz CT molecular complexity index is 1420. The maximum atomic E-state index is 13.8. The molecule has 4 rings (SSSR count). The number of aromatic nitrogens is 4. The van der Waals surface area contributed by atoms with E-state index < -0.39 is 17.8 Å². The average molecular weight is 557 g/mol. The van der Waals surface area contributed by atoms with Gasteiger partial charge in [0.2, 0.25) is 0 Å². The molecule has 9 nitrogen and oxygen atoms in total. The minimum absolute atomic E-state index is 0.0381. The fourth-order valence-corrected chi connectivity index (χ4v) is 4.17. The van der Waals surface area contributed by atoms with Crippen molar-refractivity contribution >= 4 is 44.7 Å². The van der Waals surface area contributed by atoms with Crippen LogP contribution in [0.2, 0.25) is 0 Å². The van der Waals surface area contributed by atoms with Gasteiger partial charge in [-0.3, -0.25) is 9.47 Å². The standard InChI is InChI=1S/C25H26BrFN6O3/c1-25(2,3)36-24(35)32(18-9-5-8-17(11-18)14-34)12-15-6-4-7-16(10-15)13-33-21-19(29-22(33)26)20(28)30-23(27)31-21/h4-11,34H,12-14H2,1-3H3,(H2,28,30,31). The molecule has 0 atom stereocenters. The second-order valence-electron chi connectivity index (χ2n) is 9.23. The summed E-state index contributed by atoms with van der Waals surface area (Å²) in [6.07, 6.45) is -1.44. The molecule has 2 aromatic heterocycles. The molecule has 0 spiro atoms. The number of nitrogen functional groups attached to an aromatic ring is 1. The number of rotatable bonds is 6. The number of fused-ring (bicyclic) bond motifs is 1. The van der Waals surface area contributed by atoms with Crippen molar-refractivity contribution in [3.05, 3.63) is 76.0 Å². The van der Waals surface area contributed by atoms with E-state index in [-0.39, 0.29) is 24.6 Å². The van der Waals surface area contributed by atoms with Crippen molar-refractivity contribution in [1.82, 2.24) is 19.5 Å². The number of halogens is 2. The molecule has 3 N–H and O–H groups in total. The predicted molar refractivity (Wildman–Crippen MR) is 138 cm³/mol. The SMILES string of the molecule is CC(C)(C)OC(=O)N(Cc1cccc(Cn2c(Br)nc3c(N)nc(F)nc32)c1)c1cccc(CO)c1. The lowest BCUT2D eigenvalue weighted by atomic mass is 10.1. The summed E-state index contributed by atoms with van der Waals surface area (Å²) in [5.41, 5.74) is 8.70. The van der Waals surface area contributed by atoms with Crippen LogP contribution in [-0.4, -0.2) is 36.3 Å². The highest BCUT2D eigenvalue weighted by molar-refractivity contribution is 9.10. The van der Waals surface area contributed by atoms with Crippen molar-refractivity contribution < 1.29 is 19.0 Å². The molecule has 0 radical (unpaired) electrons. The van der Waals surface area contributed by atoms with Crippen LogP contribution in [0.3, 0.4) is 0 Å². The van der Waals surface area contributed by atoms with Gasteiger partial charge in [-0.05, 0) is 65.5 Å². The highest BCUT2D eigenvalue weighted by Crippen LogP contribution is 2.25. The largest absolute Gasteiger partial charge is 0.443 e. The van der Waals surface area contributed by atoms with Gasteiger partial charge < -0.3 is 15.6 Å². The summed E-state index contributed by atoms with van der Waals surface area (Å²) >= 11 is 3.39. The Hall–Kier alpha value is -3.57. The van der Waals surface area contributed by atoms with Gasteiger partial charge in [-0.1, -0.05) is 36.4 Å². The quantitative estimate of drug-likeness (QED) is 0.258. The Labute approximate surface area is 215 Å². The summed E-state index contributed by atoms with van der Waals surface area (Å²) in [7, 11) is 0. The molecule has 0 saturated heterocycles. The van der Waals surface area contributed by atoms with Crippen LogP contribution in [0.15, 0.2) is 53.3 Å². The van der Waals surface area contributed by atoms with Crippen LogP contribution in [0.5, 0.6) is 0 Å². The van der Waals surface area contributed by atoms with E-state index in [4.69, 9.17) is 10.5 Å². The Balaban J connectivity index is 1.65. The minimum Gasteiger partial charge on any atom is -0.443 e. The second kappa shape index (κ2) is 10.2. The molecular formula is C25H26BrFN6O3. The summed E-state index contributed by atoms with van der Waals surface area (Å²) in [4.78, 5) is 26.3. The van der Waals surface area contributed by atoms with Gasteiger partial charge in [-0.2, -0.15) is 14.4 Å². The first kappa shape index (κ1) is 25.5. The van der Waals surface area contributed by atoms with Gasteiger partial charge in [-0.25, -0.2) is 9.78 Å². The van der Waals surface area contributed by atoms with Crippen molar-refractivity contribution in [3.63, 3.8) is 0 Å². The first-order valence-corrected chi connectivity index (χ1v) is 12.0. The van der Waals surface area contributed by atoms with Crippen molar-refractivity contribution in [2.24, 2.45) is 0 Å². The second-order valence-corrected chi connectivity index (χ2v) is 9.94. The van der Waals surface area contributed by atoms with Gasteiger partial charge in [0.25, 0.3) is 0 Å². The van der Waals surface area contributed by atoms with Gasteiger partial charge in [-0.15, -0.1) is 0 Å². The van der Waals surface area contributed by atoms with Crippen LogP contribution in [0.25, 0.3) is 11.2 Å². The first-order chi connectivity index (χ1) is 17.0. The zero-order chi connectivity index (χ0) is 26.0. The summed E-state index contributed by atoms with van der Waals surface area (Å²) in [5.74, 6) is -0.0381. The number of benzene rings is 2. The maximum absolute atomic E-state index is 13.8. The van der Waals surface area contributed by atoms with Crippen LogP contribution >= 0.6 is 15.9 Å². The van der Waals surface area contributed by atoms with E-state index in [1.807, 2.05) is 24.3 Å². The van der Waals surface area contributed by atoms with Crippen molar-refractivity contribution in [1.29, 1.82) is 0 Å². The van der Waals surface area contributed by atoms with E-state index in [2.05, 4.69) is 30.9 Å². The zero-order valence-electron chi connectivity index (χ0n) is 20.1. The lowest BCUT2D eigenvalue weighted by molar-refractivity contribution is 0.0577. The molecule has 4 aromatic rings. The molecule has 1 amide bonds. The smallest absolute Gasteiger partial charge is 0.415 e. The molecule has 0 bridgehead atoms. The van der Waals surface area contributed by atoms with Gasteiger partial charge in [0.05, 0.1) is 19.7 Å². The third-order valence-electron chi connectivity index (χ3n) is 5.24. The molecule has 2 heterocycles. The van der Waals surface area contributed by atoms with E-state index in [1.165, 1.54) is 4.90 Å². The summed E-state index contributed by atoms with van der Waals surface area (Å²) in [6.45, 7) is 5.83. The van der Waals surface area contributed by atoms with Crippen LogP contribution in [0.4, 0.5) is 20.7 Å². The molecule has 0 aliphatic rings. The van der Waals surface area contributed by atoms with Crippen molar-refractivity contribution in [2.45, 2.75) is 46.1 Å². The minimum atomic E-state index is -0.930. The number of carbonyl (C=O) groups excluding carboxylic acids is 1. The number of imidazole rings is 1. The van der Waals surface area contributed by atoms with Gasteiger partial charge in [0.15, 0.2) is 21.7 Å². The summed E-state index contributed by atoms with van der Waals surface area (Å²) in [6, 6.07) is 14.7. The zero-order valence-corrected chi connectivity index (χ0v) is 21.7. The third kappa shape index (κ3) is 5.80. The van der Waals surface area contributed by atoms with Crippen LogP contribution in [-0.2, 0) is 24.4 Å². The van der Waals surface area contributed by atoms with E-state index in [0.717, 1.165) is 11.1 Å². The molecule has 0 fully saturated rings. The first-order valence-electron chi connectivity index (χ1n) is 11.2. The highest BCUT2D eigenvalue weighted by atomic mass is 79.9. The maximum Gasteiger partial charge on any atom is 0.415 e. The Morgan fingerprint density at radius 1 is 1.11 bits per heavy atom. The van der Waals surface area contributed by atoms with Crippen molar-refractivity contribution in [2.75, 3.05) is 10.6 Å². The Morgan fingerprint density at radius 3 is 2.53 bits per heavy atom. The number of hydrogen-bond donors (Lipinski definition) is 2. The number of amides is 1. The van der Waals surface area contributed by atoms with Crippen LogP contribution < -0.4 is 10.6 Å². The van der Waals surface area contributed by atoms with Gasteiger partial charge in [0.1, 0.15) is 5.60 Å². The number of aliphatic hydroxyl groups excluding tert-OH is 1. The Morgan fingerprint density at radius 2 is 1.81 bits per heavy atom. The van der Waals surface area contributed by atoms with E-state index in [1.54, 1.807) is 49.6 Å².